The topological polar surface area (TPSA) is 53.7 Å². The molecule has 3 rings (SSSR count). The van der Waals surface area contributed by atoms with Gasteiger partial charge in [0.1, 0.15) is 16.8 Å². The van der Waals surface area contributed by atoms with E-state index in [1.807, 2.05) is 18.2 Å². The number of thiocarbonyl (C=S) groups is 1. The summed E-state index contributed by atoms with van der Waals surface area (Å²) in [6, 6.07) is 5.74. The van der Waals surface area contributed by atoms with E-state index >= 15 is 0 Å². The van der Waals surface area contributed by atoms with Crippen LogP contribution >= 0.6 is 28.1 Å². The lowest BCUT2D eigenvalue weighted by atomic mass is 9.91. The third kappa shape index (κ3) is 3.39. The van der Waals surface area contributed by atoms with E-state index in [0.29, 0.717) is 18.2 Å². The van der Waals surface area contributed by atoms with E-state index in [1.54, 1.807) is 0 Å². The van der Waals surface area contributed by atoms with Crippen molar-refractivity contribution < 1.29 is 14.2 Å². The van der Waals surface area contributed by atoms with Crippen LogP contribution in [-0.4, -0.2) is 36.5 Å². The molecule has 2 fully saturated rings. The average Bonchev–Trinajstić information content (AvgIpc) is 2.88. The Bertz CT molecular complexity index is 546. The van der Waals surface area contributed by atoms with Gasteiger partial charge in [0.15, 0.2) is 0 Å². The standard InChI is InChI=1S/C15H18BrNO3S/c16-10-1-2-13(12(7-10)14(17)21)20-11-3-5-19-15(8-11)4-6-18-9-15/h1-2,7,11H,3-6,8-9H2,(H2,17,21). The first kappa shape index (κ1) is 15.2. The molecular weight excluding hydrogens is 354 g/mol. The van der Waals surface area contributed by atoms with E-state index in [0.717, 1.165) is 41.7 Å². The molecule has 2 saturated heterocycles. The number of halogens is 1. The maximum atomic E-state index is 6.17. The fourth-order valence-electron chi connectivity index (χ4n) is 2.92. The minimum Gasteiger partial charge on any atom is -0.489 e. The maximum Gasteiger partial charge on any atom is 0.129 e. The molecule has 0 saturated carbocycles. The molecule has 1 aromatic rings. The number of ether oxygens (including phenoxy) is 3. The zero-order valence-electron chi connectivity index (χ0n) is 11.6. The van der Waals surface area contributed by atoms with Crippen molar-refractivity contribution in [3.8, 4) is 5.75 Å². The molecule has 2 atom stereocenters. The quantitative estimate of drug-likeness (QED) is 0.827. The van der Waals surface area contributed by atoms with Crippen LogP contribution in [0.4, 0.5) is 0 Å². The molecule has 2 aliphatic rings. The molecule has 0 aliphatic carbocycles. The fourth-order valence-corrected chi connectivity index (χ4v) is 3.44. The third-order valence-electron chi connectivity index (χ3n) is 4.02. The summed E-state index contributed by atoms with van der Waals surface area (Å²) in [5.74, 6) is 0.742. The van der Waals surface area contributed by atoms with Crippen molar-refractivity contribution in [3.05, 3.63) is 28.2 Å². The predicted octanol–water partition coefficient (Wildman–Crippen LogP) is 2.80. The summed E-state index contributed by atoms with van der Waals surface area (Å²) in [6.45, 7) is 2.13. The fraction of sp³-hybridized carbons (Fsp3) is 0.533. The molecular formula is C15H18BrNO3S. The van der Waals surface area contributed by atoms with Gasteiger partial charge in [0.25, 0.3) is 0 Å². The van der Waals surface area contributed by atoms with Crippen LogP contribution in [0.5, 0.6) is 5.75 Å². The number of nitrogens with two attached hydrogens (primary N) is 1. The van der Waals surface area contributed by atoms with Crippen molar-refractivity contribution >= 4 is 33.1 Å². The Balaban J connectivity index is 1.75. The number of rotatable bonds is 3. The van der Waals surface area contributed by atoms with Gasteiger partial charge in [-0.3, -0.25) is 0 Å². The maximum absolute atomic E-state index is 6.17. The molecule has 2 heterocycles. The summed E-state index contributed by atoms with van der Waals surface area (Å²) in [5.41, 5.74) is 6.39. The van der Waals surface area contributed by atoms with Crippen LogP contribution in [0, 0.1) is 0 Å². The van der Waals surface area contributed by atoms with Crippen molar-refractivity contribution in [1.82, 2.24) is 0 Å². The molecule has 0 radical (unpaired) electrons. The molecule has 21 heavy (non-hydrogen) atoms. The number of hydrogen-bond acceptors (Lipinski definition) is 4. The van der Waals surface area contributed by atoms with Crippen molar-refractivity contribution in [1.29, 1.82) is 0 Å². The zero-order chi connectivity index (χ0) is 14.9. The van der Waals surface area contributed by atoms with Gasteiger partial charge in [-0.25, -0.2) is 0 Å². The van der Waals surface area contributed by atoms with Crippen molar-refractivity contribution in [2.75, 3.05) is 19.8 Å². The van der Waals surface area contributed by atoms with Crippen molar-refractivity contribution in [2.45, 2.75) is 31.0 Å². The molecule has 0 bridgehead atoms. The summed E-state index contributed by atoms with van der Waals surface area (Å²) >= 11 is 8.54. The zero-order valence-corrected chi connectivity index (χ0v) is 14.0. The van der Waals surface area contributed by atoms with E-state index in [-0.39, 0.29) is 11.7 Å². The summed E-state index contributed by atoms with van der Waals surface area (Å²) in [7, 11) is 0. The first-order chi connectivity index (χ1) is 10.1. The normalized spacial score (nSPS) is 28.7. The van der Waals surface area contributed by atoms with E-state index in [9.17, 15) is 0 Å². The molecule has 0 aromatic heterocycles. The lowest BCUT2D eigenvalue weighted by Gasteiger charge is -2.37. The summed E-state index contributed by atoms with van der Waals surface area (Å²) in [4.78, 5) is 0.345. The monoisotopic (exact) mass is 371 g/mol. The molecule has 4 nitrogen and oxygen atoms in total. The number of hydrogen-bond donors (Lipinski definition) is 1. The Morgan fingerprint density at radius 1 is 1.43 bits per heavy atom. The lowest BCUT2D eigenvalue weighted by Crippen LogP contribution is -2.44. The first-order valence-corrected chi connectivity index (χ1v) is 8.26. The Hall–Kier alpha value is -0.690. The smallest absolute Gasteiger partial charge is 0.129 e. The van der Waals surface area contributed by atoms with Gasteiger partial charge in [-0.15, -0.1) is 0 Å². The molecule has 114 valence electrons. The summed E-state index contributed by atoms with van der Waals surface area (Å²) < 4.78 is 18.5. The highest BCUT2D eigenvalue weighted by molar-refractivity contribution is 9.10. The Morgan fingerprint density at radius 3 is 3.00 bits per heavy atom. The molecule has 6 heteroatoms. The third-order valence-corrected chi connectivity index (χ3v) is 4.73. The van der Waals surface area contributed by atoms with E-state index in [2.05, 4.69) is 15.9 Å². The Labute approximate surface area is 138 Å². The van der Waals surface area contributed by atoms with Gasteiger partial charge >= 0.3 is 0 Å². The lowest BCUT2D eigenvalue weighted by molar-refractivity contribution is -0.112. The summed E-state index contributed by atoms with van der Waals surface area (Å²) in [6.07, 6.45) is 2.76. The van der Waals surface area contributed by atoms with Crippen LogP contribution in [0.3, 0.4) is 0 Å². The van der Waals surface area contributed by atoms with Gasteiger partial charge in [0, 0.05) is 30.3 Å². The van der Waals surface area contributed by atoms with Gasteiger partial charge in [0.05, 0.1) is 24.4 Å². The van der Waals surface area contributed by atoms with Crippen molar-refractivity contribution in [2.24, 2.45) is 5.73 Å². The van der Waals surface area contributed by atoms with Crippen LogP contribution in [0.1, 0.15) is 24.8 Å². The van der Waals surface area contributed by atoms with Crippen LogP contribution in [-0.2, 0) is 9.47 Å². The highest BCUT2D eigenvalue weighted by Crippen LogP contribution is 2.35. The minimum absolute atomic E-state index is 0.106. The van der Waals surface area contributed by atoms with Crippen LogP contribution in [0.2, 0.25) is 0 Å². The number of benzene rings is 1. The van der Waals surface area contributed by atoms with Gasteiger partial charge in [-0.2, -0.15) is 0 Å². The highest BCUT2D eigenvalue weighted by Gasteiger charge is 2.41. The average molecular weight is 372 g/mol. The van der Waals surface area contributed by atoms with Crippen LogP contribution in [0.25, 0.3) is 0 Å². The van der Waals surface area contributed by atoms with E-state index in [1.165, 1.54) is 0 Å². The van der Waals surface area contributed by atoms with Crippen molar-refractivity contribution in [3.63, 3.8) is 0 Å². The molecule has 1 aromatic carbocycles. The van der Waals surface area contributed by atoms with Crippen LogP contribution < -0.4 is 10.5 Å². The van der Waals surface area contributed by atoms with Gasteiger partial charge < -0.3 is 19.9 Å². The molecule has 1 spiro atoms. The van der Waals surface area contributed by atoms with E-state index in [4.69, 9.17) is 32.2 Å². The second-order valence-electron chi connectivity index (χ2n) is 5.57. The highest BCUT2D eigenvalue weighted by atomic mass is 79.9. The minimum atomic E-state index is -0.165. The SMILES string of the molecule is NC(=S)c1cc(Br)ccc1OC1CCOC2(CCOC2)C1. The molecule has 2 aliphatic heterocycles. The van der Waals surface area contributed by atoms with Gasteiger partial charge in [-0.1, -0.05) is 28.1 Å². The second-order valence-corrected chi connectivity index (χ2v) is 6.93. The van der Waals surface area contributed by atoms with E-state index < -0.39 is 0 Å². The Kier molecular flexibility index (Phi) is 4.49. The molecule has 0 amide bonds. The molecule has 2 N–H and O–H groups in total. The van der Waals surface area contributed by atoms with Gasteiger partial charge in [-0.05, 0) is 18.2 Å². The second kappa shape index (κ2) is 6.20. The first-order valence-electron chi connectivity index (χ1n) is 7.06. The Morgan fingerprint density at radius 2 is 2.29 bits per heavy atom. The summed E-state index contributed by atoms with van der Waals surface area (Å²) in [5, 5.41) is 0. The van der Waals surface area contributed by atoms with Gasteiger partial charge in [0.2, 0.25) is 0 Å². The largest absolute Gasteiger partial charge is 0.489 e. The van der Waals surface area contributed by atoms with Crippen LogP contribution in [0.15, 0.2) is 22.7 Å². The predicted molar refractivity (Wildman–Crippen MR) is 87.8 cm³/mol. The molecule has 2 unspecified atom stereocenters.